The summed E-state index contributed by atoms with van der Waals surface area (Å²) in [5, 5.41) is 24.6. The molecule has 1 heterocycles. The smallest absolute Gasteiger partial charge is 0.408 e. The Morgan fingerprint density at radius 2 is 1.51 bits per heavy atom. The molecule has 0 aliphatic carbocycles. The number of rotatable bonds is 18. The predicted octanol–water partition coefficient (Wildman–Crippen LogP) is 1.63. The van der Waals surface area contributed by atoms with Crippen LogP contribution in [0.3, 0.4) is 0 Å². The first-order chi connectivity index (χ1) is 21.7. The lowest BCUT2D eigenvalue weighted by atomic mass is 9.96. The van der Waals surface area contributed by atoms with Crippen LogP contribution in [0.1, 0.15) is 88.0 Å². The van der Waals surface area contributed by atoms with Crippen LogP contribution >= 0.6 is 11.8 Å². The SMILES string of the molecule is CSCCC(NC(=O)C(NC(=O)OC(C)(C)C)C(C)C)C(=O)NC(CC(C)C)C(O)CC(=O)NC(C(=O)NC1CCOC1=O)C(C)C. The number of cyclic esters (lactones) is 1. The zero-order valence-electron chi connectivity index (χ0n) is 29.6. The number of aliphatic hydroxyl groups is 1. The highest BCUT2D eigenvalue weighted by atomic mass is 32.2. The zero-order chi connectivity index (χ0) is 36.1. The van der Waals surface area contributed by atoms with Crippen LogP contribution in [0.15, 0.2) is 0 Å². The molecular weight excluding hydrogens is 630 g/mol. The molecule has 0 saturated carbocycles. The summed E-state index contributed by atoms with van der Waals surface area (Å²) in [7, 11) is 0. The lowest BCUT2D eigenvalue weighted by molar-refractivity contribution is -0.142. The number of hydrogen-bond donors (Lipinski definition) is 6. The van der Waals surface area contributed by atoms with E-state index in [2.05, 4.69) is 26.6 Å². The Morgan fingerprint density at radius 3 is 2.00 bits per heavy atom. The summed E-state index contributed by atoms with van der Waals surface area (Å²) >= 11 is 1.49. The van der Waals surface area contributed by atoms with Crippen LogP contribution in [0.5, 0.6) is 0 Å². The predicted molar refractivity (Wildman–Crippen MR) is 179 cm³/mol. The highest BCUT2D eigenvalue weighted by molar-refractivity contribution is 7.98. The molecule has 47 heavy (non-hydrogen) atoms. The van der Waals surface area contributed by atoms with Crippen molar-refractivity contribution in [1.82, 2.24) is 26.6 Å². The van der Waals surface area contributed by atoms with Crippen LogP contribution in [-0.4, -0.2) is 101 Å². The molecule has 1 aliphatic heterocycles. The lowest BCUT2D eigenvalue weighted by Crippen LogP contribution is -2.58. The van der Waals surface area contributed by atoms with Crippen molar-refractivity contribution in [3.63, 3.8) is 0 Å². The summed E-state index contributed by atoms with van der Waals surface area (Å²) in [6, 6.07) is -4.54. The van der Waals surface area contributed by atoms with Gasteiger partial charge in [0, 0.05) is 6.42 Å². The van der Waals surface area contributed by atoms with Crippen LogP contribution in [0.25, 0.3) is 0 Å². The van der Waals surface area contributed by atoms with Crippen LogP contribution < -0.4 is 26.6 Å². The second-order valence-corrected chi connectivity index (χ2v) is 15.0. The van der Waals surface area contributed by atoms with E-state index in [1.807, 2.05) is 20.1 Å². The lowest BCUT2D eigenvalue weighted by Gasteiger charge is -2.30. The third-order valence-corrected chi connectivity index (χ3v) is 7.94. The molecule has 5 amide bonds. The van der Waals surface area contributed by atoms with Gasteiger partial charge in [-0.1, -0.05) is 41.5 Å². The maximum atomic E-state index is 13.6. The van der Waals surface area contributed by atoms with Crippen molar-refractivity contribution in [2.75, 3.05) is 18.6 Å². The van der Waals surface area contributed by atoms with Gasteiger partial charge in [-0.25, -0.2) is 9.59 Å². The maximum absolute atomic E-state index is 13.6. The molecule has 1 aliphatic rings. The summed E-state index contributed by atoms with van der Waals surface area (Å²) in [5.74, 6) is -2.83. The number of hydrogen-bond acceptors (Lipinski definition) is 10. The van der Waals surface area contributed by atoms with Gasteiger partial charge in [-0.2, -0.15) is 11.8 Å². The summed E-state index contributed by atoms with van der Waals surface area (Å²) in [6.45, 7) is 16.1. The van der Waals surface area contributed by atoms with E-state index in [9.17, 15) is 33.9 Å². The molecule has 0 aromatic rings. The average Bonchev–Trinajstić information content (AvgIpc) is 3.34. The molecule has 6 atom stereocenters. The van der Waals surface area contributed by atoms with Gasteiger partial charge in [0.25, 0.3) is 0 Å². The third kappa shape index (κ3) is 15.6. The molecule has 6 N–H and O–H groups in total. The van der Waals surface area contributed by atoms with Crippen molar-refractivity contribution < 1.29 is 43.3 Å². The molecule has 1 fully saturated rings. The van der Waals surface area contributed by atoms with E-state index in [0.29, 0.717) is 18.6 Å². The highest BCUT2D eigenvalue weighted by Crippen LogP contribution is 2.15. The van der Waals surface area contributed by atoms with Gasteiger partial charge in [0.2, 0.25) is 23.6 Å². The zero-order valence-corrected chi connectivity index (χ0v) is 30.4. The summed E-state index contributed by atoms with van der Waals surface area (Å²) in [4.78, 5) is 77.0. The van der Waals surface area contributed by atoms with Gasteiger partial charge >= 0.3 is 12.1 Å². The highest BCUT2D eigenvalue weighted by Gasteiger charge is 2.35. The first-order valence-corrected chi connectivity index (χ1v) is 17.7. The largest absolute Gasteiger partial charge is 0.464 e. The minimum atomic E-state index is -1.31. The van der Waals surface area contributed by atoms with E-state index in [4.69, 9.17) is 9.47 Å². The Hall–Kier alpha value is -3.07. The van der Waals surface area contributed by atoms with Gasteiger partial charge < -0.3 is 41.2 Å². The number of thioether (sulfide) groups is 1. The molecule has 1 rings (SSSR count). The molecule has 1 saturated heterocycles. The van der Waals surface area contributed by atoms with Crippen LogP contribution in [0, 0.1) is 17.8 Å². The standard InChI is InChI=1S/C32H57N5O9S/c1-17(2)15-22(23(38)16-24(39)36-25(18(3)4)28(41)34-21-11-13-45-30(21)43)35-27(40)20(12-14-47-10)33-29(42)26(19(5)6)37-31(44)46-32(7,8)9/h17-23,25-26,38H,11-16H2,1-10H3,(H,33,42)(H,34,41)(H,35,40)(H,36,39)(H,37,44). The monoisotopic (exact) mass is 687 g/mol. The fraction of sp³-hybridized carbons (Fsp3) is 0.812. The molecule has 0 bridgehead atoms. The number of ether oxygens (including phenoxy) is 2. The van der Waals surface area contributed by atoms with Crippen LogP contribution in [0.4, 0.5) is 4.79 Å². The molecule has 0 spiro atoms. The molecule has 0 aromatic carbocycles. The number of esters is 1. The summed E-state index contributed by atoms with van der Waals surface area (Å²) < 4.78 is 10.2. The minimum absolute atomic E-state index is 0.0287. The van der Waals surface area contributed by atoms with Crippen molar-refractivity contribution >= 4 is 47.5 Å². The number of carbonyl (C=O) groups is 6. The van der Waals surface area contributed by atoms with Gasteiger partial charge in [0.15, 0.2) is 0 Å². The fourth-order valence-electron chi connectivity index (χ4n) is 4.83. The van der Waals surface area contributed by atoms with E-state index in [1.165, 1.54) is 11.8 Å². The van der Waals surface area contributed by atoms with Gasteiger partial charge in [0.1, 0.15) is 29.8 Å². The second kappa shape index (κ2) is 19.7. The van der Waals surface area contributed by atoms with E-state index < -0.39 is 84.0 Å². The second-order valence-electron chi connectivity index (χ2n) is 14.0. The number of aliphatic hydroxyl groups excluding tert-OH is 1. The Balaban J connectivity index is 3.01. The third-order valence-electron chi connectivity index (χ3n) is 7.29. The van der Waals surface area contributed by atoms with Crippen molar-refractivity contribution in [3.05, 3.63) is 0 Å². The van der Waals surface area contributed by atoms with Crippen LogP contribution in [0.2, 0.25) is 0 Å². The normalized spacial score (nSPS) is 18.1. The minimum Gasteiger partial charge on any atom is -0.464 e. The molecule has 14 nitrogen and oxygen atoms in total. The van der Waals surface area contributed by atoms with E-state index >= 15 is 0 Å². The van der Waals surface area contributed by atoms with Gasteiger partial charge in [-0.15, -0.1) is 0 Å². The number of carbonyl (C=O) groups excluding carboxylic acids is 6. The van der Waals surface area contributed by atoms with E-state index in [1.54, 1.807) is 48.5 Å². The first-order valence-electron chi connectivity index (χ1n) is 16.3. The van der Waals surface area contributed by atoms with Crippen LogP contribution in [-0.2, 0) is 33.4 Å². The Kier molecular flexibility index (Phi) is 17.6. The van der Waals surface area contributed by atoms with E-state index in [-0.39, 0.29) is 30.8 Å². The first kappa shape index (κ1) is 42.0. The Labute approximate surface area is 283 Å². The Bertz CT molecular complexity index is 1080. The topological polar surface area (TPSA) is 201 Å². The molecular formula is C32H57N5O9S. The van der Waals surface area contributed by atoms with Crippen molar-refractivity contribution in [3.8, 4) is 0 Å². The Morgan fingerprint density at radius 1 is 0.915 bits per heavy atom. The molecule has 0 aromatic heterocycles. The number of amides is 5. The van der Waals surface area contributed by atoms with E-state index in [0.717, 1.165) is 0 Å². The average molecular weight is 688 g/mol. The van der Waals surface area contributed by atoms with Gasteiger partial charge in [-0.05, 0) is 63.4 Å². The van der Waals surface area contributed by atoms with Gasteiger partial charge in [-0.3, -0.25) is 19.2 Å². The van der Waals surface area contributed by atoms with Crippen molar-refractivity contribution in [2.45, 2.75) is 130 Å². The van der Waals surface area contributed by atoms with Crippen molar-refractivity contribution in [2.24, 2.45) is 17.8 Å². The fourth-order valence-corrected chi connectivity index (χ4v) is 5.30. The number of nitrogens with one attached hydrogen (secondary N) is 5. The van der Waals surface area contributed by atoms with Gasteiger partial charge in [0.05, 0.1) is 25.2 Å². The molecule has 15 heteroatoms. The molecule has 6 unspecified atom stereocenters. The summed E-state index contributed by atoms with van der Waals surface area (Å²) in [6.07, 6.45) is 0.346. The molecule has 270 valence electrons. The number of alkyl carbamates (subject to hydrolysis) is 1. The quantitative estimate of drug-likeness (QED) is 0.115. The van der Waals surface area contributed by atoms with Crippen molar-refractivity contribution in [1.29, 1.82) is 0 Å². The maximum Gasteiger partial charge on any atom is 0.408 e. The molecule has 0 radical (unpaired) electrons. The summed E-state index contributed by atoms with van der Waals surface area (Å²) in [5.41, 5.74) is -0.764.